The van der Waals surface area contributed by atoms with Gasteiger partial charge in [0.25, 0.3) is 0 Å². The summed E-state index contributed by atoms with van der Waals surface area (Å²) in [5, 5.41) is 0. The Bertz CT molecular complexity index is 628. The van der Waals surface area contributed by atoms with E-state index >= 15 is 0 Å². The topological polar surface area (TPSA) is 60.9 Å². The molecule has 18 heavy (non-hydrogen) atoms. The number of nitrogens with two attached hydrogens (primary N) is 1. The summed E-state index contributed by atoms with van der Waals surface area (Å²) in [4.78, 5) is 15.6. The van der Waals surface area contributed by atoms with Gasteiger partial charge in [-0.15, -0.1) is 11.6 Å². The molecule has 1 aromatic heterocycles. The molecule has 0 spiro atoms. The largest absolute Gasteiger partial charge is 0.368 e. The van der Waals surface area contributed by atoms with Gasteiger partial charge in [0.1, 0.15) is 17.7 Å². The SMILES string of the molecule is CC(C(N)=O)n1c(CCl)nc2cc(I)c(F)cc21. The van der Waals surface area contributed by atoms with Crippen molar-refractivity contribution >= 4 is 51.1 Å². The van der Waals surface area contributed by atoms with E-state index in [0.717, 1.165) is 0 Å². The molecular formula is C11H10ClFIN3O. The van der Waals surface area contributed by atoms with E-state index in [1.165, 1.54) is 6.07 Å². The number of nitrogens with zero attached hydrogens (tertiary/aromatic N) is 2. The summed E-state index contributed by atoms with van der Waals surface area (Å²) in [6.07, 6.45) is 0. The van der Waals surface area contributed by atoms with Crippen LogP contribution in [0.5, 0.6) is 0 Å². The van der Waals surface area contributed by atoms with Crippen LogP contribution >= 0.6 is 34.2 Å². The highest BCUT2D eigenvalue weighted by atomic mass is 127. The van der Waals surface area contributed by atoms with E-state index in [9.17, 15) is 9.18 Å². The van der Waals surface area contributed by atoms with Crippen molar-refractivity contribution in [3.8, 4) is 0 Å². The van der Waals surface area contributed by atoms with E-state index in [-0.39, 0.29) is 11.7 Å². The number of benzene rings is 1. The summed E-state index contributed by atoms with van der Waals surface area (Å²) in [5.41, 5.74) is 6.41. The summed E-state index contributed by atoms with van der Waals surface area (Å²) < 4.78 is 15.7. The fourth-order valence-electron chi connectivity index (χ4n) is 1.79. The number of carbonyl (C=O) groups is 1. The second kappa shape index (κ2) is 5.00. The molecule has 2 aromatic rings. The Balaban J connectivity index is 2.76. The predicted octanol–water partition coefficient (Wildman–Crippen LogP) is 2.57. The van der Waals surface area contributed by atoms with Crippen molar-refractivity contribution in [3.63, 3.8) is 0 Å². The number of aromatic nitrogens is 2. The summed E-state index contributed by atoms with van der Waals surface area (Å²) >= 11 is 7.69. The van der Waals surface area contributed by atoms with Gasteiger partial charge < -0.3 is 10.3 Å². The van der Waals surface area contributed by atoms with Crippen molar-refractivity contribution in [1.29, 1.82) is 0 Å². The molecule has 0 bridgehead atoms. The Morgan fingerprint density at radius 3 is 2.89 bits per heavy atom. The quantitative estimate of drug-likeness (QED) is 0.656. The molecule has 1 aromatic carbocycles. The first kappa shape index (κ1) is 13.5. The van der Waals surface area contributed by atoms with Crippen LogP contribution in [0.15, 0.2) is 12.1 Å². The Morgan fingerprint density at radius 1 is 1.67 bits per heavy atom. The van der Waals surface area contributed by atoms with Crippen LogP contribution in [-0.2, 0) is 10.7 Å². The molecule has 0 aliphatic rings. The molecule has 1 atom stereocenters. The van der Waals surface area contributed by atoms with Gasteiger partial charge in [-0.25, -0.2) is 9.37 Å². The lowest BCUT2D eigenvalue weighted by Crippen LogP contribution is -2.25. The van der Waals surface area contributed by atoms with E-state index in [2.05, 4.69) is 4.98 Å². The van der Waals surface area contributed by atoms with Gasteiger partial charge in [-0.2, -0.15) is 0 Å². The molecule has 0 saturated carbocycles. The summed E-state index contributed by atoms with van der Waals surface area (Å²) in [5.74, 6) is -0.245. The lowest BCUT2D eigenvalue weighted by molar-refractivity contribution is -0.120. The third-order valence-electron chi connectivity index (χ3n) is 2.72. The zero-order chi connectivity index (χ0) is 13.4. The maximum Gasteiger partial charge on any atom is 0.240 e. The number of hydrogen-bond acceptors (Lipinski definition) is 2. The van der Waals surface area contributed by atoms with Gasteiger partial charge in [-0.3, -0.25) is 4.79 Å². The molecule has 1 heterocycles. The first-order chi connectivity index (χ1) is 8.45. The lowest BCUT2D eigenvalue weighted by Gasteiger charge is -2.13. The number of imidazole rings is 1. The highest BCUT2D eigenvalue weighted by Crippen LogP contribution is 2.25. The van der Waals surface area contributed by atoms with Crippen molar-refractivity contribution in [1.82, 2.24) is 9.55 Å². The van der Waals surface area contributed by atoms with Crippen LogP contribution in [0.1, 0.15) is 18.8 Å². The Hall–Kier alpha value is -0.890. The van der Waals surface area contributed by atoms with Gasteiger partial charge in [0.05, 0.1) is 20.5 Å². The van der Waals surface area contributed by atoms with Crippen LogP contribution in [0, 0.1) is 9.39 Å². The Labute approximate surface area is 121 Å². The number of amides is 1. The normalized spacial score (nSPS) is 12.9. The van der Waals surface area contributed by atoms with E-state index in [1.807, 2.05) is 22.6 Å². The third kappa shape index (κ3) is 2.18. The highest BCUT2D eigenvalue weighted by molar-refractivity contribution is 14.1. The standard InChI is InChI=1S/C11H10ClFIN3O/c1-5(11(15)18)17-9-2-6(13)7(14)3-8(9)16-10(17)4-12/h2-3,5H,4H2,1H3,(H2,15,18). The average molecular weight is 382 g/mol. The molecule has 1 amide bonds. The van der Waals surface area contributed by atoms with Crippen LogP contribution in [0.25, 0.3) is 11.0 Å². The van der Waals surface area contributed by atoms with Crippen LogP contribution in [0.3, 0.4) is 0 Å². The molecule has 0 saturated heterocycles. The summed E-state index contributed by atoms with van der Waals surface area (Å²) in [7, 11) is 0. The number of alkyl halides is 1. The van der Waals surface area contributed by atoms with Crippen LogP contribution in [0.4, 0.5) is 4.39 Å². The molecule has 2 rings (SSSR count). The molecule has 96 valence electrons. The highest BCUT2D eigenvalue weighted by Gasteiger charge is 2.20. The zero-order valence-corrected chi connectivity index (χ0v) is 12.4. The Morgan fingerprint density at radius 2 is 2.33 bits per heavy atom. The van der Waals surface area contributed by atoms with E-state index in [1.54, 1.807) is 17.6 Å². The van der Waals surface area contributed by atoms with Crippen molar-refractivity contribution in [2.75, 3.05) is 0 Å². The number of halogens is 3. The summed E-state index contributed by atoms with van der Waals surface area (Å²) in [6, 6.07) is 2.34. The first-order valence-corrected chi connectivity index (χ1v) is 6.78. The number of rotatable bonds is 3. The van der Waals surface area contributed by atoms with E-state index in [4.69, 9.17) is 17.3 Å². The predicted molar refractivity (Wildman–Crippen MR) is 75.9 cm³/mol. The Kier molecular flexibility index (Phi) is 3.76. The number of fused-ring (bicyclic) bond motifs is 1. The van der Waals surface area contributed by atoms with Gasteiger partial charge in [0, 0.05) is 6.07 Å². The molecule has 0 radical (unpaired) electrons. The smallest absolute Gasteiger partial charge is 0.240 e. The first-order valence-electron chi connectivity index (χ1n) is 5.16. The van der Waals surface area contributed by atoms with Crippen molar-refractivity contribution in [2.45, 2.75) is 18.8 Å². The second-order valence-electron chi connectivity index (χ2n) is 3.87. The lowest BCUT2D eigenvalue weighted by atomic mass is 10.2. The fraction of sp³-hybridized carbons (Fsp3) is 0.273. The maximum atomic E-state index is 13.6. The zero-order valence-electron chi connectivity index (χ0n) is 9.45. The van der Waals surface area contributed by atoms with Crippen molar-refractivity contribution in [2.24, 2.45) is 5.73 Å². The van der Waals surface area contributed by atoms with Crippen molar-refractivity contribution < 1.29 is 9.18 Å². The third-order valence-corrected chi connectivity index (χ3v) is 3.79. The minimum Gasteiger partial charge on any atom is -0.368 e. The molecule has 2 N–H and O–H groups in total. The molecule has 4 nitrogen and oxygen atoms in total. The van der Waals surface area contributed by atoms with Gasteiger partial charge >= 0.3 is 0 Å². The number of primary amides is 1. The molecule has 0 aliphatic carbocycles. The van der Waals surface area contributed by atoms with Gasteiger partial charge in [-0.05, 0) is 35.6 Å². The van der Waals surface area contributed by atoms with Gasteiger partial charge in [0.15, 0.2) is 0 Å². The number of carbonyl (C=O) groups excluding carboxylic acids is 1. The minimum absolute atomic E-state index is 0.129. The summed E-state index contributed by atoms with van der Waals surface area (Å²) in [6.45, 7) is 1.63. The number of hydrogen-bond donors (Lipinski definition) is 1. The monoisotopic (exact) mass is 381 g/mol. The fourth-order valence-corrected chi connectivity index (χ4v) is 2.43. The van der Waals surface area contributed by atoms with Gasteiger partial charge in [-0.1, -0.05) is 0 Å². The van der Waals surface area contributed by atoms with Crippen LogP contribution < -0.4 is 5.73 Å². The van der Waals surface area contributed by atoms with E-state index < -0.39 is 11.9 Å². The second-order valence-corrected chi connectivity index (χ2v) is 5.29. The molecule has 0 fully saturated rings. The van der Waals surface area contributed by atoms with E-state index in [0.29, 0.717) is 20.4 Å². The molecule has 1 unspecified atom stereocenters. The van der Waals surface area contributed by atoms with Crippen LogP contribution in [0.2, 0.25) is 0 Å². The van der Waals surface area contributed by atoms with Crippen LogP contribution in [-0.4, -0.2) is 15.5 Å². The van der Waals surface area contributed by atoms with Crippen molar-refractivity contribution in [3.05, 3.63) is 27.3 Å². The molecule has 7 heteroatoms. The average Bonchev–Trinajstić information content (AvgIpc) is 2.66. The van der Waals surface area contributed by atoms with Gasteiger partial charge in [0.2, 0.25) is 5.91 Å². The molecular weight excluding hydrogens is 371 g/mol. The maximum absolute atomic E-state index is 13.6. The minimum atomic E-state index is -0.622. The molecule has 0 aliphatic heterocycles.